The molecule has 0 aliphatic heterocycles. The molecule has 30 heavy (non-hydrogen) atoms. The van der Waals surface area contributed by atoms with Gasteiger partial charge in [-0.1, -0.05) is 30.8 Å². The van der Waals surface area contributed by atoms with E-state index in [1.165, 1.54) is 11.8 Å². The molecular weight excluding hydrogens is 398 g/mol. The summed E-state index contributed by atoms with van der Waals surface area (Å²) in [7, 11) is 1.63. The first kappa shape index (κ1) is 21.4. The molecule has 0 unspecified atom stereocenters. The monoisotopic (exact) mass is 421 g/mol. The van der Waals surface area contributed by atoms with E-state index in [9.17, 15) is 4.79 Å². The Balaban J connectivity index is 1.65. The largest absolute Gasteiger partial charge is 0.497 e. The van der Waals surface area contributed by atoms with E-state index in [1.807, 2.05) is 52.8 Å². The number of thioether (sulfide) groups is 1. The second-order valence-electron chi connectivity index (χ2n) is 6.59. The van der Waals surface area contributed by atoms with Crippen molar-refractivity contribution in [1.29, 1.82) is 5.26 Å². The van der Waals surface area contributed by atoms with Crippen LogP contribution < -0.4 is 4.74 Å². The van der Waals surface area contributed by atoms with E-state index in [0.29, 0.717) is 23.8 Å². The van der Waals surface area contributed by atoms with Crippen molar-refractivity contribution in [2.45, 2.75) is 25.0 Å². The molecule has 0 aliphatic carbocycles. The molecule has 2 aromatic carbocycles. The van der Waals surface area contributed by atoms with Crippen LogP contribution in [0.4, 0.5) is 0 Å². The van der Waals surface area contributed by atoms with Crippen LogP contribution in [-0.4, -0.2) is 45.0 Å². The molecule has 3 rings (SSSR count). The second-order valence-corrected chi connectivity index (χ2v) is 7.54. The molecule has 0 fully saturated rings. The molecule has 0 atom stereocenters. The molecule has 7 nitrogen and oxygen atoms in total. The average Bonchev–Trinajstić information content (AvgIpc) is 3.26. The van der Waals surface area contributed by atoms with Crippen LogP contribution in [0.1, 0.15) is 24.5 Å². The molecule has 1 heterocycles. The van der Waals surface area contributed by atoms with Crippen LogP contribution in [0.5, 0.6) is 5.75 Å². The summed E-state index contributed by atoms with van der Waals surface area (Å²) in [4.78, 5) is 14.7. The van der Waals surface area contributed by atoms with Gasteiger partial charge in [-0.2, -0.15) is 5.26 Å². The van der Waals surface area contributed by atoms with Crippen LogP contribution in [0.2, 0.25) is 0 Å². The lowest BCUT2D eigenvalue weighted by Gasteiger charge is -2.22. The molecule has 8 heteroatoms. The van der Waals surface area contributed by atoms with Crippen molar-refractivity contribution in [2.75, 3.05) is 19.4 Å². The predicted octanol–water partition coefficient (Wildman–Crippen LogP) is 3.68. The van der Waals surface area contributed by atoms with E-state index in [4.69, 9.17) is 10.00 Å². The van der Waals surface area contributed by atoms with Gasteiger partial charge in [-0.25, -0.2) is 0 Å². The van der Waals surface area contributed by atoms with Crippen LogP contribution in [0.25, 0.3) is 5.69 Å². The number of nitriles is 1. The van der Waals surface area contributed by atoms with Gasteiger partial charge in [-0.15, -0.1) is 10.2 Å². The fourth-order valence-corrected chi connectivity index (χ4v) is 3.76. The van der Waals surface area contributed by atoms with Crippen LogP contribution in [-0.2, 0) is 11.3 Å². The highest BCUT2D eigenvalue weighted by Crippen LogP contribution is 2.22. The first-order chi connectivity index (χ1) is 14.6. The molecule has 154 valence electrons. The van der Waals surface area contributed by atoms with Crippen molar-refractivity contribution in [3.05, 3.63) is 66.0 Å². The highest BCUT2D eigenvalue weighted by molar-refractivity contribution is 7.99. The third kappa shape index (κ3) is 5.39. The molecule has 0 saturated heterocycles. The van der Waals surface area contributed by atoms with E-state index < -0.39 is 0 Å². The van der Waals surface area contributed by atoms with Crippen LogP contribution in [0.15, 0.2) is 60.0 Å². The van der Waals surface area contributed by atoms with Gasteiger partial charge >= 0.3 is 0 Å². The first-order valence-corrected chi connectivity index (χ1v) is 10.6. The third-order valence-corrected chi connectivity index (χ3v) is 5.42. The smallest absolute Gasteiger partial charge is 0.233 e. The molecule has 0 radical (unpaired) electrons. The summed E-state index contributed by atoms with van der Waals surface area (Å²) in [5.41, 5.74) is 2.52. The zero-order valence-corrected chi connectivity index (χ0v) is 17.8. The van der Waals surface area contributed by atoms with Crippen molar-refractivity contribution >= 4 is 17.7 Å². The number of benzene rings is 2. The Morgan fingerprint density at radius 2 is 1.93 bits per heavy atom. The Bertz CT molecular complexity index is 1010. The molecule has 0 spiro atoms. The fourth-order valence-electron chi connectivity index (χ4n) is 2.93. The molecule has 3 aromatic rings. The number of hydrogen-bond donors (Lipinski definition) is 0. The number of hydrogen-bond acceptors (Lipinski definition) is 6. The normalized spacial score (nSPS) is 10.4. The Hall–Kier alpha value is -3.31. The number of aromatic nitrogens is 3. The van der Waals surface area contributed by atoms with Gasteiger partial charge in [0.1, 0.15) is 12.1 Å². The van der Waals surface area contributed by atoms with Gasteiger partial charge in [0.05, 0.1) is 24.5 Å². The number of carbonyl (C=O) groups excluding carboxylic acids is 1. The van der Waals surface area contributed by atoms with Gasteiger partial charge in [-0.05, 0) is 48.4 Å². The molecule has 0 bridgehead atoms. The van der Waals surface area contributed by atoms with Crippen LogP contribution in [0, 0.1) is 11.3 Å². The zero-order valence-electron chi connectivity index (χ0n) is 17.0. The average molecular weight is 422 g/mol. The van der Waals surface area contributed by atoms with Crippen LogP contribution in [0.3, 0.4) is 0 Å². The van der Waals surface area contributed by atoms with Crippen LogP contribution >= 0.6 is 11.8 Å². The van der Waals surface area contributed by atoms with Crippen molar-refractivity contribution in [2.24, 2.45) is 0 Å². The summed E-state index contributed by atoms with van der Waals surface area (Å²) in [6, 6.07) is 17.0. The second kappa shape index (κ2) is 10.5. The molecule has 0 aliphatic rings. The summed E-state index contributed by atoms with van der Waals surface area (Å²) >= 11 is 1.36. The lowest BCUT2D eigenvalue weighted by molar-refractivity contribution is -0.129. The van der Waals surface area contributed by atoms with Crippen molar-refractivity contribution in [3.63, 3.8) is 0 Å². The van der Waals surface area contributed by atoms with Gasteiger partial charge in [0, 0.05) is 18.8 Å². The number of ether oxygens (including phenoxy) is 1. The van der Waals surface area contributed by atoms with Gasteiger partial charge in [0.15, 0.2) is 5.16 Å². The maximum atomic E-state index is 12.9. The third-order valence-electron chi connectivity index (χ3n) is 4.49. The van der Waals surface area contributed by atoms with Gasteiger partial charge in [-0.3, -0.25) is 9.36 Å². The number of methoxy groups -OCH3 is 1. The van der Waals surface area contributed by atoms with E-state index in [2.05, 4.69) is 16.3 Å². The van der Waals surface area contributed by atoms with E-state index in [0.717, 1.165) is 23.4 Å². The number of carbonyl (C=O) groups is 1. The van der Waals surface area contributed by atoms with Gasteiger partial charge in [0.25, 0.3) is 0 Å². The Kier molecular flexibility index (Phi) is 7.46. The molecular formula is C22H23N5O2S. The van der Waals surface area contributed by atoms with Crippen molar-refractivity contribution < 1.29 is 9.53 Å². The van der Waals surface area contributed by atoms with Crippen molar-refractivity contribution in [1.82, 2.24) is 19.7 Å². The SMILES string of the molecule is CCCN(Cc1ccc(C#N)cc1)C(=O)CSc1nncn1-c1ccc(OC)cc1. The Morgan fingerprint density at radius 3 is 2.57 bits per heavy atom. The molecule has 1 aromatic heterocycles. The standard InChI is InChI=1S/C22H23N5O2S/c1-3-12-26(14-18-6-4-17(13-23)5-7-18)21(28)15-30-22-25-24-16-27(22)19-8-10-20(29-2)11-9-19/h4-11,16H,3,12,14-15H2,1-2H3. The molecule has 0 saturated carbocycles. The number of rotatable bonds is 9. The minimum atomic E-state index is 0.0375. The summed E-state index contributed by atoms with van der Waals surface area (Å²) in [5.74, 6) is 1.08. The Morgan fingerprint density at radius 1 is 1.20 bits per heavy atom. The summed E-state index contributed by atoms with van der Waals surface area (Å²) in [6.45, 7) is 3.24. The Labute approximate surface area is 180 Å². The summed E-state index contributed by atoms with van der Waals surface area (Å²) in [5, 5.41) is 17.7. The quantitative estimate of drug-likeness (QED) is 0.490. The number of amides is 1. The van der Waals surface area contributed by atoms with Gasteiger partial charge < -0.3 is 9.64 Å². The van der Waals surface area contributed by atoms with Gasteiger partial charge in [0.2, 0.25) is 5.91 Å². The lowest BCUT2D eigenvalue weighted by atomic mass is 10.1. The highest BCUT2D eigenvalue weighted by atomic mass is 32.2. The first-order valence-electron chi connectivity index (χ1n) is 9.58. The van der Waals surface area contributed by atoms with Crippen molar-refractivity contribution in [3.8, 4) is 17.5 Å². The summed E-state index contributed by atoms with van der Waals surface area (Å²) in [6.07, 6.45) is 2.50. The fraction of sp³-hybridized carbons (Fsp3) is 0.273. The lowest BCUT2D eigenvalue weighted by Crippen LogP contribution is -2.32. The maximum absolute atomic E-state index is 12.9. The van der Waals surface area contributed by atoms with E-state index >= 15 is 0 Å². The van der Waals surface area contributed by atoms with E-state index in [1.54, 1.807) is 25.6 Å². The summed E-state index contributed by atoms with van der Waals surface area (Å²) < 4.78 is 7.04. The highest BCUT2D eigenvalue weighted by Gasteiger charge is 2.16. The molecule has 0 N–H and O–H groups in total. The van der Waals surface area contributed by atoms with E-state index in [-0.39, 0.29) is 11.7 Å². The zero-order chi connectivity index (χ0) is 21.3. The number of nitrogens with zero attached hydrogens (tertiary/aromatic N) is 5. The minimum absolute atomic E-state index is 0.0375. The topological polar surface area (TPSA) is 84.0 Å². The minimum Gasteiger partial charge on any atom is -0.497 e. The maximum Gasteiger partial charge on any atom is 0.233 e. The predicted molar refractivity (Wildman–Crippen MR) is 116 cm³/mol. The molecule has 1 amide bonds.